The second kappa shape index (κ2) is 11.2. The van der Waals surface area contributed by atoms with Gasteiger partial charge in [0.1, 0.15) is 11.4 Å². The van der Waals surface area contributed by atoms with Crippen LogP contribution in [0.25, 0.3) is 10.9 Å². The predicted octanol–water partition coefficient (Wildman–Crippen LogP) is 7.73. The van der Waals surface area contributed by atoms with Crippen molar-refractivity contribution in [3.8, 4) is 11.8 Å². The first kappa shape index (κ1) is 27.5. The fraction of sp³-hybridized carbons (Fsp3) is 0.353. The Morgan fingerprint density at radius 2 is 1.77 bits per heavy atom. The molecule has 0 unspecified atom stereocenters. The van der Waals surface area contributed by atoms with Crippen LogP contribution in [0.2, 0.25) is 0 Å². The maximum atomic E-state index is 13.1. The molecule has 5 rings (SSSR count). The molecule has 1 aromatic heterocycles. The Hall–Kier alpha value is -4.08. The highest BCUT2D eigenvalue weighted by molar-refractivity contribution is 5.95. The molecule has 206 valence electrons. The lowest BCUT2D eigenvalue weighted by atomic mass is 9.82. The Kier molecular flexibility index (Phi) is 7.69. The Morgan fingerprint density at radius 1 is 1.05 bits per heavy atom. The maximum Gasteiger partial charge on any atom is 0.419 e. The summed E-state index contributed by atoms with van der Waals surface area (Å²) in [6.07, 6.45) is 3.44. The SMILES string of the molecule is COc1cc(C)c2c(ccn2C(=O)OC(C)(C)C)c1CN1CC[C@H](c2ccccc2)C[C@H]1c1ccc(C#N)cc1. The molecule has 1 fully saturated rings. The molecule has 0 bridgehead atoms. The lowest BCUT2D eigenvalue weighted by molar-refractivity contribution is 0.0544. The fourth-order valence-electron chi connectivity index (χ4n) is 5.93. The molecule has 6 nitrogen and oxygen atoms in total. The van der Waals surface area contributed by atoms with Crippen molar-refractivity contribution in [3.63, 3.8) is 0 Å². The molecule has 6 heteroatoms. The average molecular weight is 536 g/mol. The van der Waals surface area contributed by atoms with Gasteiger partial charge in [-0.25, -0.2) is 4.79 Å². The highest BCUT2D eigenvalue weighted by Gasteiger charge is 2.32. The van der Waals surface area contributed by atoms with Gasteiger partial charge in [-0.1, -0.05) is 42.5 Å². The zero-order valence-electron chi connectivity index (χ0n) is 24.0. The molecule has 0 aliphatic carbocycles. The number of carbonyl (C=O) groups is 1. The molecular formula is C34H37N3O3. The van der Waals surface area contributed by atoms with Crippen molar-refractivity contribution in [1.29, 1.82) is 5.26 Å². The van der Waals surface area contributed by atoms with Gasteiger partial charge in [-0.2, -0.15) is 5.26 Å². The fourth-order valence-corrected chi connectivity index (χ4v) is 5.93. The van der Waals surface area contributed by atoms with E-state index in [4.69, 9.17) is 9.47 Å². The van der Waals surface area contributed by atoms with E-state index < -0.39 is 5.60 Å². The first-order valence-electron chi connectivity index (χ1n) is 13.9. The highest BCUT2D eigenvalue weighted by Crippen LogP contribution is 2.42. The summed E-state index contributed by atoms with van der Waals surface area (Å²) in [6.45, 7) is 9.21. The molecule has 1 saturated heterocycles. The van der Waals surface area contributed by atoms with Crippen LogP contribution in [0.5, 0.6) is 5.75 Å². The number of aromatic nitrogens is 1. The van der Waals surface area contributed by atoms with E-state index in [9.17, 15) is 10.1 Å². The van der Waals surface area contributed by atoms with E-state index in [-0.39, 0.29) is 12.1 Å². The summed E-state index contributed by atoms with van der Waals surface area (Å²) >= 11 is 0. The summed E-state index contributed by atoms with van der Waals surface area (Å²) in [5.41, 5.74) is 5.50. The van der Waals surface area contributed by atoms with E-state index in [2.05, 4.69) is 53.4 Å². The third kappa shape index (κ3) is 5.61. The van der Waals surface area contributed by atoms with Crippen molar-refractivity contribution >= 4 is 17.0 Å². The van der Waals surface area contributed by atoms with Crippen molar-refractivity contribution in [2.24, 2.45) is 0 Å². The molecule has 4 aromatic rings. The Morgan fingerprint density at radius 3 is 2.42 bits per heavy atom. The molecule has 1 aliphatic rings. The van der Waals surface area contributed by atoms with Crippen LogP contribution in [-0.4, -0.2) is 34.8 Å². The van der Waals surface area contributed by atoms with E-state index in [1.165, 1.54) is 11.1 Å². The smallest absolute Gasteiger partial charge is 0.419 e. The maximum absolute atomic E-state index is 13.1. The number of carbonyl (C=O) groups excluding carboxylic acids is 1. The van der Waals surface area contributed by atoms with Crippen LogP contribution in [0.1, 0.15) is 73.4 Å². The van der Waals surface area contributed by atoms with Crippen molar-refractivity contribution in [2.75, 3.05) is 13.7 Å². The van der Waals surface area contributed by atoms with Gasteiger partial charge in [0.2, 0.25) is 0 Å². The van der Waals surface area contributed by atoms with Crippen molar-refractivity contribution in [3.05, 3.63) is 101 Å². The van der Waals surface area contributed by atoms with Crippen molar-refractivity contribution < 1.29 is 14.3 Å². The zero-order chi connectivity index (χ0) is 28.4. The number of fused-ring (bicyclic) bond motifs is 1. The second-order valence-electron chi connectivity index (χ2n) is 11.7. The van der Waals surface area contributed by atoms with Gasteiger partial charge in [0.05, 0.1) is 24.3 Å². The monoisotopic (exact) mass is 535 g/mol. The number of nitrogens with zero attached hydrogens (tertiary/aromatic N) is 3. The number of likely N-dealkylation sites (tertiary alicyclic amines) is 1. The topological polar surface area (TPSA) is 67.5 Å². The normalized spacial score (nSPS) is 17.9. The summed E-state index contributed by atoms with van der Waals surface area (Å²) in [6, 6.07) is 25.2. The molecule has 1 aliphatic heterocycles. The van der Waals surface area contributed by atoms with Crippen LogP contribution < -0.4 is 4.74 Å². The van der Waals surface area contributed by atoms with Gasteiger partial charge >= 0.3 is 6.09 Å². The number of aryl methyl sites for hydroxylation is 1. The van der Waals surface area contributed by atoms with Crippen LogP contribution in [0.4, 0.5) is 4.79 Å². The van der Waals surface area contributed by atoms with Gasteiger partial charge < -0.3 is 9.47 Å². The van der Waals surface area contributed by atoms with Gasteiger partial charge in [-0.3, -0.25) is 9.47 Å². The largest absolute Gasteiger partial charge is 0.496 e. The molecule has 2 atom stereocenters. The van der Waals surface area contributed by atoms with Gasteiger partial charge in [-0.05, 0) is 94.0 Å². The van der Waals surface area contributed by atoms with Crippen molar-refractivity contribution in [1.82, 2.24) is 9.47 Å². The van der Waals surface area contributed by atoms with Crippen LogP contribution >= 0.6 is 0 Å². The number of hydrogen-bond donors (Lipinski definition) is 0. The van der Waals surface area contributed by atoms with Crippen LogP contribution in [-0.2, 0) is 11.3 Å². The molecule has 0 amide bonds. The quantitative estimate of drug-likeness (QED) is 0.262. The first-order chi connectivity index (χ1) is 19.2. The van der Waals surface area contributed by atoms with E-state index in [0.29, 0.717) is 18.0 Å². The molecular weight excluding hydrogens is 498 g/mol. The summed E-state index contributed by atoms with van der Waals surface area (Å²) < 4.78 is 13.2. The Bertz CT molecular complexity index is 1540. The minimum Gasteiger partial charge on any atom is -0.496 e. The number of benzene rings is 3. The van der Waals surface area contributed by atoms with E-state index in [1.807, 2.05) is 52.0 Å². The number of methoxy groups -OCH3 is 1. The summed E-state index contributed by atoms with van der Waals surface area (Å²) in [7, 11) is 1.70. The molecule has 0 N–H and O–H groups in total. The minimum atomic E-state index is -0.589. The van der Waals surface area contributed by atoms with Gasteiger partial charge in [0, 0.05) is 29.7 Å². The van der Waals surface area contributed by atoms with Gasteiger partial charge in [0.15, 0.2) is 0 Å². The van der Waals surface area contributed by atoms with Crippen molar-refractivity contribution in [2.45, 2.75) is 64.6 Å². The van der Waals surface area contributed by atoms with E-state index >= 15 is 0 Å². The number of ether oxygens (including phenoxy) is 2. The van der Waals surface area contributed by atoms with Crippen LogP contribution in [0.15, 0.2) is 72.9 Å². The molecule has 3 aromatic carbocycles. The number of hydrogen-bond acceptors (Lipinski definition) is 5. The molecule has 2 heterocycles. The van der Waals surface area contributed by atoms with Crippen LogP contribution in [0.3, 0.4) is 0 Å². The number of nitriles is 1. The zero-order valence-corrected chi connectivity index (χ0v) is 24.0. The third-order valence-electron chi connectivity index (χ3n) is 7.81. The molecule has 40 heavy (non-hydrogen) atoms. The molecule has 0 spiro atoms. The standard InChI is InChI=1S/C34H37N3O3/c1-23-19-31(39-5)29(28-16-18-37(32(23)28)33(38)40-34(2,3)4)22-36-17-15-27(25-9-7-6-8-10-25)20-30(36)26-13-11-24(21-35)12-14-26/h6-14,16,18-19,27,30H,15,17,20,22H2,1-5H3/t27-,30-/m0/s1. The van der Waals surface area contributed by atoms with Gasteiger partial charge in [-0.15, -0.1) is 0 Å². The molecule has 0 saturated carbocycles. The number of piperidine rings is 1. The summed E-state index contributed by atoms with van der Waals surface area (Å²) in [4.78, 5) is 15.6. The number of rotatable bonds is 5. The summed E-state index contributed by atoms with van der Waals surface area (Å²) in [5.74, 6) is 1.27. The predicted molar refractivity (Wildman–Crippen MR) is 158 cm³/mol. The Balaban J connectivity index is 1.53. The minimum absolute atomic E-state index is 0.167. The molecule has 0 radical (unpaired) electrons. The Labute approximate surface area is 236 Å². The van der Waals surface area contributed by atoms with E-state index in [0.717, 1.165) is 47.2 Å². The lowest BCUT2D eigenvalue weighted by Gasteiger charge is -2.40. The van der Waals surface area contributed by atoms with Gasteiger partial charge in [0.25, 0.3) is 0 Å². The third-order valence-corrected chi connectivity index (χ3v) is 7.81. The van der Waals surface area contributed by atoms with E-state index in [1.54, 1.807) is 17.9 Å². The summed E-state index contributed by atoms with van der Waals surface area (Å²) in [5, 5.41) is 10.3. The lowest BCUT2D eigenvalue weighted by Crippen LogP contribution is -2.36. The first-order valence-corrected chi connectivity index (χ1v) is 13.9. The average Bonchev–Trinajstić information content (AvgIpc) is 3.40. The van der Waals surface area contributed by atoms with Crippen LogP contribution in [0, 0.1) is 18.3 Å². The second-order valence-corrected chi connectivity index (χ2v) is 11.7. The highest BCUT2D eigenvalue weighted by atomic mass is 16.6.